The second kappa shape index (κ2) is 4.45. The zero-order valence-electron chi connectivity index (χ0n) is 12.0. The van der Waals surface area contributed by atoms with Crippen LogP contribution in [0, 0.1) is 6.92 Å². The molecule has 5 rings (SSSR count). The zero-order chi connectivity index (χ0) is 14.7. The molecule has 0 amide bonds. The minimum absolute atomic E-state index is 1.23. The van der Waals surface area contributed by atoms with Crippen LogP contribution in [0.4, 0.5) is 0 Å². The molecule has 0 N–H and O–H groups in total. The van der Waals surface area contributed by atoms with E-state index in [2.05, 4.69) is 72.4 Å². The SMILES string of the molecule is Cc1ccc2c(c1)sc1c3ccc(-n4cccc4)cc3sc21. The van der Waals surface area contributed by atoms with Crippen molar-refractivity contribution >= 4 is 52.2 Å². The van der Waals surface area contributed by atoms with Crippen molar-refractivity contribution < 1.29 is 0 Å². The Kier molecular flexibility index (Phi) is 2.52. The lowest BCUT2D eigenvalue weighted by atomic mass is 10.2. The molecule has 0 unspecified atom stereocenters. The Morgan fingerprint density at radius 1 is 0.773 bits per heavy atom. The molecule has 0 spiro atoms. The Labute approximate surface area is 136 Å². The lowest BCUT2D eigenvalue weighted by Gasteiger charge is -2.02. The highest BCUT2D eigenvalue weighted by molar-refractivity contribution is 7.36. The number of thiophene rings is 2. The number of aryl methyl sites for hydroxylation is 1. The van der Waals surface area contributed by atoms with E-state index in [9.17, 15) is 0 Å². The van der Waals surface area contributed by atoms with Gasteiger partial charge in [-0.15, -0.1) is 22.7 Å². The Morgan fingerprint density at radius 2 is 1.41 bits per heavy atom. The summed E-state index contributed by atoms with van der Waals surface area (Å²) in [4.78, 5) is 0. The molecule has 3 heteroatoms. The van der Waals surface area contributed by atoms with Crippen molar-refractivity contribution in [3.05, 3.63) is 66.5 Å². The van der Waals surface area contributed by atoms with Gasteiger partial charge in [0, 0.05) is 38.3 Å². The van der Waals surface area contributed by atoms with Gasteiger partial charge in [0.2, 0.25) is 0 Å². The van der Waals surface area contributed by atoms with E-state index < -0.39 is 0 Å². The van der Waals surface area contributed by atoms with Gasteiger partial charge in [-0.25, -0.2) is 0 Å². The van der Waals surface area contributed by atoms with E-state index in [4.69, 9.17) is 0 Å². The summed E-state index contributed by atoms with van der Waals surface area (Å²) in [6, 6.07) is 17.7. The maximum atomic E-state index is 2.30. The van der Waals surface area contributed by atoms with Crippen molar-refractivity contribution in [2.75, 3.05) is 0 Å². The summed E-state index contributed by atoms with van der Waals surface area (Å²) in [6.45, 7) is 2.16. The molecule has 1 nitrogen and oxygen atoms in total. The topological polar surface area (TPSA) is 4.93 Å². The number of rotatable bonds is 1. The lowest BCUT2D eigenvalue weighted by Crippen LogP contribution is -1.87. The molecule has 0 aliphatic rings. The van der Waals surface area contributed by atoms with E-state index in [0.29, 0.717) is 0 Å². The molecule has 3 aromatic heterocycles. The van der Waals surface area contributed by atoms with Gasteiger partial charge in [0.05, 0.1) is 9.40 Å². The molecule has 0 aliphatic heterocycles. The van der Waals surface area contributed by atoms with E-state index in [1.807, 2.05) is 22.7 Å². The van der Waals surface area contributed by atoms with Crippen LogP contribution in [0.3, 0.4) is 0 Å². The fraction of sp³-hybridized carbons (Fsp3) is 0.0526. The van der Waals surface area contributed by atoms with Crippen LogP contribution in [-0.2, 0) is 0 Å². The van der Waals surface area contributed by atoms with Crippen LogP contribution >= 0.6 is 22.7 Å². The van der Waals surface area contributed by atoms with Gasteiger partial charge in [-0.2, -0.15) is 0 Å². The molecule has 0 aliphatic carbocycles. The summed E-state index contributed by atoms with van der Waals surface area (Å²) < 4.78 is 7.79. The number of hydrogen-bond acceptors (Lipinski definition) is 2. The minimum Gasteiger partial charge on any atom is -0.324 e. The molecule has 0 fully saturated rings. The molecule has 0 saturated heterocycles. The highest BCUT2D eigenvalue weighted by atomic mass is 32.1. The van der Waals surface area contributed by atoms with Crippen LogP contribution in [-0.4, -0.2) is 4.57 Å². The summed E-state index contributed by atoms with van der Waals surface area (Å²) in [5.41, 5.74) is 2.56. The van der Waals surface area contributed by atoms with Crippen molar-refractivity contribution in [1.82, 2.24) is 4.57 Å². The molecule has 0 bridgehead atoms. The minimum atomic E-state index is 1.23. The summed E-state index contributed by atoms with van der Waals surface area (Å²) in [6.07, 6.45) is 4.19. The number of nitrogens with zero attached hydrogens (tertiary/aromatic N) is 1. The highest BCUT2D eigenvalue weighted by Gasteiger charge is 2.12. The van der Waals surface area contributed by atoms with Crippen molar-refractivity contribution in [2.45, 2.75) is 6.92 Å². The molecule has 5 aromatic rings. The van der Waals surface area contributed by atoms with E-state index in [0.717, 1.165) is 0 Å². The number of fused-ring (bicyclic) bond motifs is 5. The van der Waals surface area contributed by atoms with E-state index >= 15 is 0 Å². The normalized spacial score (nSPS) is 11.9. The Morgan fingerprint density at radius 3 is 2.14 bits per heavy atom. The van der Waals surface area contributed by atoms with Crippen molar-refractivity contribution in [2.24, 2.45) is 0 Å². The predicted molar refractivity (Wildman–Crippen MR) is 98.8 cm³/mol. The maximum absolute atomic E-state index is 2.30. The first-order chi connectivity index (χ1) is 10.8. The van der Waals surface area contributed by atoms with Crippen molar-refractivity contribution in [1.29, 1.82) is 0 Å². The second-order valence-corrected chi connectivity index (χ2v) is 7.74. The van der Waals surface area contributed by atoms with Gasteiger partial charge in [0.25, 0.3) is 0 Å². The molecule has 2 aromatic carbocycles. The second-order valence-electron chi connectivity index (χ2n) is 5.63. The van der Waals surface area contributed by atoms with Crippen LogP contribution < -0.4 is 0 Å². The highest BCUT2D eigenvalue weighted by Crippen LogP contribution is 2.44. The predicted octanol–water partition coefficient (Wildman–Crippen LogP) is 6.37. The van der Waals surface area contributed by atoms with Crippen LogP contribution in [0.2, 0.25) is 0 Å². The third-order valence-corrected chi connectivity index (χ3v) is 6.63. The summed E-state index contributed by atoms with van der Waals surface area (Å²) in [7, 11) is 0. The smallest absolute Gasteiger partial charge is 0.0542 e. The average molecular weight is 319 g/mol. The van der Waals surface area contributed by atoms with Crippen molar-refractivity contribution in [3.63, 3.8) is 0 Å². The molecule has 0 radical (unpaired) electrons. The van der Waals surface area contributed by atoms with Gasteiger partial charge in [0.15, 0.2) is 0 Å². The number of benzene rings is 2. The lowest BCUT2D eigenvalue weighted by molar-refractivity contribution is 1.09. The van der Waals surface area contributed by atoms with Crippen molar-refractivity contribution in [3.8, 4) is 5.69 Å². The molecule has 106 valence electrons. The molecule has 22 heavy (non-hydrogen) atoms. The quantitative estimate of drug-likeness (QED) is 0.338. The van der Waals surface area contributed by atoms with Gasteiger partial charge in [-0.3, -0.25) is 0 Å². The number of aromatic nitrogens is 1. The van der Waals surface area contributed by atoms with Gasteiger partial charge in [-0.1, -0.05) is 18.2 Å². The largest absolute Gasteiger partial charge is 0.324 e. The fourth-order valence-corrected chi connectivity index (χ4v) is 5.80. The third-order valence-electron chi connectivity index (χ3n) is 4.12. The first-order valence-corrected chi connectivity index (χ1v) is 8.92. The van der Waals surface area contributed by atoms with Gasteiger partial charge >= 0.3 is 0 Å². The van der Waals surface area contributed by atoms with Crippen LogP contribution in [0.1, 0.15) is 5.56 Å². The Balaban J connectivity index is 1.83. The summed E-state index contributed by atoms with van der Waals surface area (Å²) in [5, 5.41) is 2.78. The van der Waals surface area contributed by atoms with Gasteiger partial charge in [0.1, 0.15) is 0 Å². The summed E-state index contributed by atoms with van der Waals surface area (Å²) >= 11 is 3.83. The number of hydrogen-bond donors (Lipinski definition) is 0. The molecular weight excluding hydrogens is 306 g/mol. The fourth-order valence-electron chi connectivity index (χ4n) is 3.02. The van der Waals surface area contributed by atoms with Crippen LogP contribution in [0.25, 0.3) is 35.3 Å². The van der Waals surface area contributed by atoms with E-state index in [-0.39, 0.29) is 0 Å². The Hall–Kier alpha value is -2.10. The van der Waals surface area contributed by atoms with Gasteiger partial charge in [-0.05, 0) is 42.8 Å². The Bertz CT molecular complexity index is 1130. The third kappa shape index (κ3) is 1.70. The average Bonchev–Trinajstić information content (AvgIpc) is 3.20. The monoisotopic (exact) mass is 319 g/mol. The molecule has 0 saturated carbocycles. The zero-order valence-corrected chi connectivity index (χ0v) is 13.7. The molecular formula is C19H13NS2. The standard InChI is InChI=1S/C19H13NS2/c1-12-4-6-14-16(10-12)21-19-15-7-5-13(20-8-2-3-9-20)11-17(15)22-18(14)19/h2-11H,1H3. The van der Waals surface area contributed by atoms with E-state index in [1.165, 1.54) is 40.8 Å². The first-order valence-electron chi connectivity index (χ1n) is 7.28. The van der Waals surface area contributed by atoms with E-state index in [1.54, 1.807) is 0 Å². The summed E-state index contributed by atoms with van der Waals surface area (Å²) in [5.74, 6) is 0. The first kappa shape index (κ1) is 12.4. The maximum Gasteiger partial charge on any atom is 0.0542 e. The van der Waals surface area contributed by atoms with Gasteiger partial charge < -0.3 is 4.57 Å². The van der Waals surface area contributed by atoms with Crippen LogP contribution in [0.5, 0.6) is 0 Å². The molecule has 0 atom stereocenters. The molecule has 3 heterocycles. The van der Waals surface area contributed by atoms with Crippen LogP contribution in [0.15, 0.2) is 60.9 Å².